The molecule has 0 saturated heterocycles. The molecule has 110 valence electrons. The van der Waals surface area contributed by atoms with E-state index in [1.165, 1.54) is 0 Å². The number of carboxylic acids is 1. The van der Waals surface area contributed by atoms with Crippen molar-refractivity contribution in [3.05, 3.63) is 0 Å². The Labute approximate surface area is 114 Å². The summed E-state index contributed by atoms with van der Waals surface area (Å²) in [6.45, 7) is 7.48. The Morgan fingerprint density at radius 1 is 1.32 bits per heavy atom. The van der Waals surface area contributed by atoms with Crippen LogP contribution in [0, 0.1) is 5.92 Å². The number of rotatable bonds is 9. The summed E-state index contributed by atoms with van der Waals surface area (Å²) in [7, 11) is 0. The lowest BCUT2D eigenvalue weighted by atomic mass is 10.1. The predicted octanol–water partition coefficient (Wildman–Crippen LogP) is 0.881. The molecule has 0 aromatic rings. The van der Waals surface area contributed by atoms with Crippen molar-refractivity contribution in [2.24, 2.45) is 5.92 Å². The Bertz CT molecular complexity index is 302. The number of carbonyl (C=O) groups excluding carboxylic acids is 1. The molecule has 2 amide bonds. The van der Waals surface area contributed by atoms with E-state index < -0.39 is 5.97 Å². The normalized spacial score (nSPS) is 16.2. The molecule has 0 heterocycles. The summed E-state index contributed by atoms with van der Waals surface area (Å²) in [4.78, 5) is 24.6. The highest BCUT2D eigenvalue weighted by Gasteiger charge is 2.33. The Morgan fingerprint density at radius 3 is 2.42 bits per heavy atom. The lowest BCUT2D eigenvalue weighted by Crippen LogP contribution is -2.46. The molecule has 1 atom stereocenters. The van der Waals surface area contributed by atoms with Gasteiger partial charge in [-0.2, -0.15) is 0 Å². The number of nitrogens with one attached hydrogen (secondary N) is 2. The van der Waals surface area contributed by atoms with Gasteiger partial charge in [-0.15, -0.1) is 0 Å². The van der Waals surface area contributed by atoms with Gasteiger partial charge in [-0.05, 0) is 31.8 Å². The highest BCUT2D eigenvalue weighted by molar-refractivity contribution is 5.75. The molecular weight excluding hydrogens is 246 g/mol. The summed E-state index contributed by atoms with van der Waals surface area (Å²) in [5, 5.41) is 14.4. The van der Waals surface area contributed by atoms with Crippen molar-refractivity contribution in [1.29, 1.82) is 0 Å². The molecule has 1 fully saturated rings. The van der Waals surface area contributed by atoms with E-state index in [9.17, 15) is 9.59 Å². The van der Waals surface area contributed by atoms with Crippen molar-refractivity contribution in [2.45, 2.75) is 39.2 Å². The second kappa shape index (κ2) is 7.99. The average molecular weight is 271 g/mol. The van der Waals surface area contributed by atoms with Crippen LogP contribution in [0.2, 0.25) is 0 Å². The van der Waals surface area contributed by atoms with Crippen LogP contribution in [0.25, 0.3) is 0 Å². The highest BCUT2D eigenvalue weighted by Crippen LogP contribution is 2.33. The summed E-state index contributed by atoms with van der Waals surface area (Å²) in [6, 6.07) is -0.490. The van der Waals surface area contributed by atoms with Crippen LogP contribution in [0.15, 0.2) is 0 Å². The van der Waals surface area contributed by atoms with Crippen molar-refractivity contribution < 1.29 is 14.7 Å². The van der Waals surface area contributed by atoms with Crippen LogP contribution in [-0.2, 0) is 4.79 Å². The monoisotopic (exact) mass is 271 g/mol. The molecule has 0 bridgehead atoms. The molecule has 3 N–H and O–H groups in total. The Kier molecular flexibility index (Phi) is 6.62. The number of carbonyl (C=O) groups is 2. The van der Waals surface area contributed by atoms with Gasteiger partial charge in [0.1, 0.15) is 0 Å². The smallest absolute Gasteiger partial charge is 0.315 e. The van der Waals surface area contributed by atoms with Crippen molar-refractivity contribution >= 4 is 12.0 Å². The van der Waals surface area contributed by atoms with Gasteiger partial charge in [-0.3, -0.25) is 4.79 Å². The molecule has 6 heteroatoms. The number of aliphatic carboxylic acids is 1. The molecular formula is C13H25N3O3. The minimum absolute atomic E-state index is 0.00807. The number of likely N-dealkylation sites (N-methyl/N-ethyl adjacent to an activating group) is 1. The molecule has 1 aliphatic carbocycles. The van der Waals surface area contributed by atoms with Crippen molar-refractivity contribution in [1.82, 2.24) is 15.5 Å². The third kappa shape index (κ3) is 6.42. The van der Waals surface area contributed by atoms with Crippen LogP contribution >= 0.6 is 0 Å². The Morgan fingerprint density at radius 2 is 1.95 bits per heavy atom. The predicted molar refractivity (Wildman–Crippen MR) is 73.1 cm³/mol. The van der Waals surface area contributed by atoms with Crippen LogP contribution in [0.1, 0.15) is 33.1 Å². The lowest BCUT2D eigenvalue weighted by Gasteiger charge is -2.20. The highest BCUT2D eigenvalue weighted by atomic mass is 16.4. The number of hydrogen-bond donors (Lipinski definition) is 3. The molecule has 0 aliphatic heterocycles. The van der Waals surface area contributed by atoms with E-state index in [-0.39, 0.29) is 18.5 Å². The molecule has 1 unspecified atom stereocenters. The molecule has 1 saturated carbocycles. The lowest BCUT2D eigenvalue weighted by molar-refractivity contribution is -0.137. The molecule has 1 aliphatic rings. The van der Waals surface area contributed by atoms with Gasteiger partial charge in [0.25, 0.3) is 0 Å². The largest absolute Gasteiger partial charge is 0.481 e. The van der Waals surface area contributed by atoms with Gasteiger partial charge in [0.2, 0.25) is 0 Å². The molecule has 0 radical (unpaired) electrons. The van der Waals surface area contributed by atoms with E-state index in [1.807, 2.05) is 0 Å². The van der Waals surface area contributed by atoms with Gasteiger partial charge in [-0.25, -0.2) is 4.79 Å². The third-order valence-electron chi connectivity index (χ3n) is 3.51. The SMILES string of the molecule is CCN(CC)CCNC(=O)NC(CC(=O)O)C1CC1. The molecule has 19 heavy (non-hydrogen) atoms. The first-order chi connectivity index (χ1) is 9.06. The summed E-state index contributed by atoms with van der Waals surface area (Å²) in [5.41, 5.74) is 0. The van der Waals surface area contributed by atoms with Crippen molar-refractivity contribution in [2.75, 3.05) is 26.2 Å². The van der Waals surface area contributed by atoms with Gasteiger partial charge in [0, 0.05) is 19.1 Å². The molecule has 0 aromatic heterocycles. The number of urea groups is 1. The zero-order valence-corrected chi connectivity index (χ0v) is 11.8. The van der Waals surface area contributed by atoms with Crippen LogP contribution < -0.4 is 10.6 Å². The van der Waals surface area contributed by atoms with Crippen LogP contribution in [0.5, 0.6) is 0 Å². The summed E-state index contributed by atoms with van der Waals surface area (Å²) in [6.07, 6.45) is 2.03. The zero-order valence-electron chi connectivity index (χ0n) is 11.8. The summed E-state index contributed by atoms with van der Waals surface area (Å²) < 4.78 is 0. The quantitative estimate of drug-likeness (QED) is 0.581. The fourth-order valence-electron chi connectivity index (χ4n) is 2.11. The molecule has 0 aromatic carbocycles. The molecule has 0 spiro atoms. The fourth-order valence-corrected chi connectivity index (χ4v) is 2.11. The maximum Gasteiger partial charge on any atom is 0.315 e. The zero-order chi connectivity index (χ0) is 14.3. The first kappa shape index (κ1) is 15.8. The van der Waals surface area contributed by atoms with E-state index in [2.05, 4.69) is 29.4 Å². The van der Waals surface area contributed by atoms with Crippen molar-refractivity contribution in [3.8, 4) is 0 Å². The van der Waals surface area contributed by atoms with Gasteiger partial charge < -0.3 is 20.6 Å². The maximum atomic E-state index is 11.7. The van der Waals surface area contributed by atoms with Gasteiger partial charge in [0.15, 0.2) is 0 Å². The van der Waals surface area contributed by atoms with Gasteiger partial charge >= 0.3 is 12.0 Å². The minimum atomic E-state index is -0.861. The molecule has 1 rings (SSSR count). The van der Waals surface area contributed by atoms with E-state index in [4.69, 9.17) is 5.11 Å². The van der Waals surface area contributed by atoms with E-state index in [1.54, 1.807) is 0 Å². The van der Waals surface area contributed by atoms with Crippen LogP contribution in [-0.4, -0.2) is 54.2 Å². The number of amides is 2. The number of hydrogen-bond acceptors (Lipinski definition) is 3. The maximum absolute atomic E-state index is 11.7. The molecule has 6 nitrogen and oxygen atoms in total. The first-order valence-corrected chi connectivity index (χ1v) is 7.05. The van der Waals surface area contributed by atoms with Crippen molar-refractivity contribution in [3.63, 3.8) is 0 Å². The van der Waals surface area contributed by atoms with Gasteiger partial charge in [-0.1, -0.05) is 13.8 Å². The van der Waals surface area contributed by atoms with Crippen LogP contribution in [0.4, 0.5) is 4.79 Å². The summed E-state index contributed by atoms with van der Waals surface area (Å²) in [5.74, 6) is -0.523. The fraction of sp³-hybridized carbons (Fsp3) is 0.846. The topological polar surface area (TPSA) is 81.7 Å². The van der Waals surface area contributed by atoms with E-state index in [0.717, 1.165) is 32.5 Å². The number of carboxylic acid groups (broad SMARTS) is 1. The van der Waals surface area contributed by atoms with Gasteiger partial charge in [0.05, 0.1) is 6.42 Å². The standard InChI is InChI=1S/C13H25N3O3/c1-3-16(4-2)8-7-14-13(19)15-11(9-12(17)18)10-5-6-10/h10-11H,3-9H2,1-2H3,(H,17,18)(H2,14,15,19). The van der Waals surface area contributed by atoms with Crippen LogP contribution in [0.3, 0.4) is 0 Å². The van der Waals surface area contributed by atoms with E-state index >= 15 is 0 Å². The Balaban J connectivity index is 2.22. The second-order valence-electron chi connectivity index (χ2n) is 4.97. The second-order valence-corrected chi connectivity index (χ2v) is 4.97. The minimum Gasteiger partial charge on any atom is -0.481 e. The summed E-state index contributed by atoms with van der Waals surface area (Å²) >= 11 is 0. The average Bonchev–Trinajstić information content (AvgIpc) is 3.17. The van der Waals surface area contributed by atoms with E-state index in [0.29, 0.717) is 12.5 Å². The third-order valence-corrected chi connectivity index (χ3v) is 3.51. The first-order valence-electron chi connectivity index (χ1n) is 7.05. The number of nitrogens with zero attached hydrogens (tertiary/aromatic N) is 1. The Hall–Kier alpha value is -1.30.